The third-order valence-electron chi connectivity index (χ3n) is 7.58. The summed E-state index contributed by atoms with van der Waals surface area (Å²) in [5.74, 6) is -0.686. The quantitative estimate of drug-likeness (QED) is 0.0910. The molecular weight excluding hydrogens is 795 g/mol. The van der Waals surface area contributed by atoms with Gasteiger partial charge in [-0.2, -0.15) is 0 Å². The van der Waals surface area contributed by atoms with Crippen LogP contribution in [0, 0.1) is 41.5 Å². The molecule has 3 rings (SSSR count). The molecular formula is C34H42CoF6N2O4Sb-. The van der Waals surface area contributed by atoms with Crippen LogP contribution < -0.4 is 0 Å². The van der Waals surface area contributed by atoms with Gasteiger partial charge in [-0.15, -0.1) is 0 Å². The van der Waals surface area contributed by atoms with Crippen molar-refractivity contribution in [1.82, 2.24) is 0 Å². The van der Waals surface area contributed by atoms with Gasteiger partial charge in [-0.1, -0.05) is 48.2 Å². The molecule has 0 aromatic heterocycles. The van der Waals surface area contributed by atoms with Gasteiger partial charge < -0.3 is 10.2 Å². The van der Waals surface area contributed by atoms with E-state index in [0.717, 1.165) is 59.1 Å². The van der Waals surface area contributed by atoms with Gasteiger partial charge in [0.2, 0.25) is 0 Å². The number of hydrogen-bond acceptors (Lipinski definition) is 6. The van der Waals surface area contributed by atoms with Gasteiger partial charge >= 0.3 is 36.4 Å². The fourth-order valence-corrected chi connectivity index (χ4v) is 5.79. The molecule has 1 aliphatic carbocycles. The van der Waals surface area contributed by atoms with E-state index in [-0.39, 0.29) is 63.1 Å². The Balaban J connectivity index is 0.00000130. The molecule has 1 saturated carbocycles. The summed E-state index contributed by atoms with van der Waals surface area (Å²) in [7, 11) is 0. The van der Waals surface area contributed by atoms with Crippen molar-refractivity contribution in [3.8, 4) is 0 Å². The van der Waals surface area contributed by atoms with Crippen molar-refractivity contribution in [3.05, 3.63) is 79.9 Å². The van der Waals surface area contributed by atoms with Crippen molar-refractivity contribution in [2.75, 3.05) is 0 Å². The zero-order valence-electron chi connectivity index (χ0n) is 28.1. The van der Waals surface area contributed by atoms with E-state index in [4.69, 9.17) is 9.98 Å². The van der Waals surface area contributed by atoms with E-state index in [9.17, 15) is 36.7 Å². The Morgan fingerprint density at radius 1 is 0.646 bits per heavy atom. The van der Waals surface area contributed by atoms with Crippen molar-refractivity contribution in [1.29, 1.82) is 0 Å². The van der Waals surface area contributed by atoms with E-state index < -0.39 is 19.5 Å². The van der Waals surface area contributed by atoms with Crippen molar-refractivity contribution in [3.63, 3.8) is 0 Å². The second-order valence-corrected chi connectivity index (χ2v) is 17.6. The van der Waals surface area contributed by atoms with Crippen molar-refractivity contribution >= 4 is 55.0 Å². The van der Waals surface area contributed by atoms with Gasteiger partial charge in [-0.05, 0) is 90.5 Å². The van der Waals surface area contributed by atoms with Crippen molar-refractivity contribution in [2.45, 2.75) is 93.2 Å². The average Bonchev–Trinajstić information content (AvgIpc) is 2.86. The van der Waals surface area contributed by atoms with Gasteiger partial charge in [-0.25, -0.2) is 0 Å². The molecule has 0 spiro atoms. The summed E-state index contributed by atoms with van der Waals surface area (Å²) in [5, 5.41) is 22.3. The van der Waals surface area contributed by atoms with Crippen LogP contribution >= 0.6 is 0 Å². The normalized spacial score (nSPS) is 19.3. The molecule has 2 aromatic rings. The number of halogens is 6. The Bertz CT molecular complexity index is 1520. The summed E-state index contributed by atoms with van der Waals surface area (Å²) >= 11 is -11.2. The molecule has 1 radical (unpaired) electrons. The Morgan fingerprint density at radius 3 is 1.12 bits per heavy atom. The van der Waals surface area contributed by atoms with Crippen LogP contribution in [-0.2, 0) is 26.4 Å². The second kappa shape index (κ2) is 15.8. The molecule has 1 fully saturated rings. The van der Waals surface area contributed by atoms with Gasteiger partial charge in [0.25, 0.3) is 0 Å². The first kappa shape index (κ1) is 43.1. The summed E-state index contributed by atoms with van der Waals surface area (Å²) in [6.45, 7) is 14.5. The van der Waals surface area contributed by atoms with Crippen LogP contribution in [0.4, 0.5) is 16.9 Å². The second-order valence-electron chi connectivity index (χ2n) is 12.1. The van der Waals surface area contributed by atoms with Gasteiger partial charge in [0, 0.05) is 40.3 Å². The number of ketones is 2. The number of aliphatic hydroxyl groups excluding tert-OH is 2. The molecule has 2 N–H and O–H groups in total. The molecule has 2 aromatic carbocycles. The molecule has 0 amide bonds. The molecule has 2 atom stereocenters. The minimum atomic E-state index is -11.2. The number of carbonyl (C=O) groups is 2. The number of rotatable bonds is 8. The van der Waals surface area contributed by atoms with Crippen molar-refractivity contribution < 1.29 is 53.5 Å². The predicted octanol–water partition coefficient (Wildman–Crippen LogP) is 9.54. The summed E-state index contributed by atoms with van der Waals surface area (Å²) in [4.78, 5) is 34.6. The van der Waals surface area contributed by atoms with E-state index in [1.165, 1.54) is 26.3 Å². The van der Waals surface area contributed by atoms with Crippen LogP contribution in [-0.4, -0.2) is 65.8 Å². The topological polar surface area (TPSA) is 99.3 Å². The number of Topliss-reactive ketones (excluding diaryl/α,β-unsaturated/α-hetero) is 2. The molecule has 0 aliphatic heterocycles. The average molecular weight is 837 g/mol. The Hall–Kier alpha value is -2.90. The molecule has 0 saturated heterocycles. The number of allylic oxidation sites excluding steroid dienone is 2. The van der Waals surface area contributed by atoms with Gasteiger partial charge in [0.15, 0.2) is 11.6 Å². The number of carbonyl (C=O) groups excluding carboxylic acids is 2. The fraction of sp³-hybridized carbons (Fsp3) is 0.412. The zero-order valence-corrected chi connectivity index (χ0v) is 31.7. The van der Waals surface area contributed by atoms with Crippen LogP contribution in [0.25, 0.3) is 11.5 Å². The van der Waals surface area contributed by atoms with Crippen LogP contribution in [0.1, 0.15) is 84.0 Å². The number of aliphatic imine (C=N–C) groups is 2. The zero-order chi connectivity index (χ0) is 36.1. The Morgan fingerprint density at radius 2 is 0.896 bits per heavy atom. The first-order chi connectivity index (χ1) is 21.3. The van der Waals surface area contributed by atoms with Crippen LogP contribution in [0.3, 0.4) is 0 Å². The number of hydrogen-bond donors (Lipinski definition) is 2. The van der Waals surface area contributed by atoms with E-state index in [0.29, 0.717) is 11.1 Å². The van der Waals surface area contributed by atoms with Gasteiger partial charge in [0.1, 0.15) is 11.5 Å². The van der Waals surface area contributed by atoms with E-state index in [1.54, 1.807) is 0 Å². The first-order valence-electron chi connectivity index (χ1n) is 14.9. The van der Waals surface area contributed by atoms with Gasteiger partial charge in [0.05, 0.1) is 23.2 Å². The molecule has 269 valence electrons. The summed E-state index contributed by atoms with van der Waals surface area (Å²) in [6, 6.07) is 7.49. The maximum absolute atomic E-state index is 12.6. The molecule has 48 heavy (non-hydrogen) atoms. The SMILES string of the molecule is CC(=O)/C(C=N[C@@H]1CCCC[C@H]1N=C/C(C(C)=O)=C(\O)c1c(C)cc(C)cc1C)=C(\O)c1c(C)cc(C)cc1C.[Co].[F][Sb-]([F])([F])([F])([F])[F]. The number of benzene rings is 2. The monoisotopic (exact) mass is 836 g/mol. The van der Waals surface area contributed by atoms with E-state index in [1.807, 2.05) is 65.8 Å². The molecule has 14 heteroatoms. The third-order valence-corrected chi connectivity index (χ3v) is 7.58. The number of aliphatic hydroxyl groups is 2. The summed E-state index contributed by atoms with van der Waals surface area (Å²) < 4.78 is 59.6. The standard InChI is InChI=1S/C34H42N2O4.Co.6FH.Sb/c1-19-13-21(3)31(22(4)14-19)33(39)27(25(7)37)17-35-29-11-9-10-12-30(29)36-18-28(26(8)38)34(40)32-23(5)15-20(2)16-24(32)6;;;;;;;;/h13-18,29-30,39-40H,9-12H2,1-8H3;;6*1H;/q;;;;;;;;+5/p-6/b33-27-,34-28+,35-17?,36-18?;;;;;;;;/t29-,30-;;;;;;;;/m1......../s1. The number of aryl methyl sites for hydroxylation is 6. The Labute approximate surface area is 290 Å². The van der Waals surface area contributed by atoms with Crippen LogP contribution in [0.5, 0.6) is 0 Å². The van der Waals surface area contributed by atoms with Gasteiger partial charge in [-0.3, -0.25) is 19.6 Å². The summed E-state index contributed by atoms with van der Waals surface area (Å²) in [5.41, 5.74) is 7.37. The summed E-state index contributed by atoms with van der Waals surface area (Å²) in [6.07, 6.45) is 6.44. The molecule has 6 nitrogen and oxygen atoms in total. The minimum absolute atomic E-state index is 0. The fourth-order valence-electron chi connectivity index (χ4n) is 5.79. The Kier molecular flexibility index (Phi) is 14.2. The van der Waals surface area contributed by atoms with Crippen molar-refractivity contribution in [2.24, 2.45) is 9.98 Å². The van der Waals surface area contributed by atoms with Crippen LogP contribution in [0.2, 0.25) is 0 Å². The first-order valence-corrected chi connectivity index (χ1v) is 20.7. The molecule has 0 bridgehead atoms. The predicted molar refractivity (Wildman–Crippen MR) is 177 cm³/mol. The van der Waals surface area contributed by atoms with E-state index >= 15 is 0 Å². The molecule has 0 unspecified atom stereocenters. The molecule has 0 heterocycles. The number of nitrogens with zero attached hydrogens (tertiary/aromatic N) is 2. The van der Waals surface area contributed by atoms with Crippen LogP contribution in [0.15, 0.2) is 45.4 Å². The maximum atomic E-state index is 12.6. The molecule has 1 aliphatic rings. The van der Waals surface area contributed by atoms with E-state index in [2.05, 4.69) is 0 Å². The third kappa shape index (κ3) is 13.9.